The SMILES string of the molecule is CCCCCCC/C=C/C=C/[C@@H](O)[C@H](COP(=O)(O)OCC[N+](C)(C)C)NC(=O)CCCCCCC/C=C/CCCCCCC. The average Bonchev–Trinajstić information content (AvgIpc) is 2.97. The molecule has 0 heterocycles. The van der Waals surface area contributed by atoms with Crippen LogP contribution in [0.1, 0.15) is 136 Å². The average molecular weight is 658 g/mol. The van der Waals surface area contributed by atoms with Crippen LogP contribution in [-0.4, -0.2) is 73.4 Å². The maximum absolute atomic E-state index is 12.7. The number of carbonyl (C=O) groups excluding carboxylic acids is 1. The lowest BCUT2D eigenvalue weighted by Gasteiger charge is -2.25. The van der Waals surface area contributed by atoms with Gasteiger partial charge in [-0.05, 0) is 44.9 Å². The lowest BCUT2D eigenvalue weighted by molar-refractivity contribution is -0.870. The maximum Gasteiger partial charge on any atom is 0.472 e. The number of nitrogens with one attached hydrogen (secondary N) is 1. The van der Waals surface area contributed by atoms with Crippen LogP contribution < -0.4 is 5.32 Å². The standard InChI is InChI=1S/C36H69N2O6P/c1-6-8-10-12-14-16-17-18-19-20-22-24-26-28-30-36(40)37-34(33-44-45(41,42)43-32-31-38(3,4)5)35(39)29-27-25-23-21-15-13-11-9-7-2/h17-18,23,25,27,29,34-35,39H,6-16,19-22,24,26,28,30-33H2,1-5H3,(H-,37,40,41,42)/p+1/b18-17+,25-23+,29-27+/t34-,35+/m0/s1. The number of hydrogen-bond acceptors (Lipinski definition) is 5. The van der Waals surface area contributed by atoms with Gasteiger partial charge in [0.1, 0.15) is 13.2 Å². The van der Waals surface area contributed by atoms with Gasteiger partial charge in [-0.15, -0.1) is 0 Å². The van der Waals surface area contributed by atoms with E-state index in [0.29, 0.717) is 17.4 Å². The summed E-state index contributed by atoms with van der Waals surface area (Å²) in [7, 11) is 1.53. The first-order valence-electron chi connectivity index (χ1n) is 17.9. The summed E-state index contributed by atoms with van der Waals surface area (Å²) in [5, 5.41) is 13.6. The van der Waals surface area contributed by atoms with Crippen LogP contribution in [-0.2, 0) is 18.4 Å². The Kier molecular flexibility index (Phi) is 28.1. The molecule has 3 atom stereocenters. The largest absolute Gasteiger partial charge is 0.472 e. The van der Waals surface area contributed by atoms with Gasteiger partial charge in [0.2, 0.25) is 5.91 Å². The van der Waals surface area contributed by atoms with Gasteiger partial charge >= 0.3 is 7.82 Å². The summed E-state index contributed by atoms with van der Waals surface area (Å²) in [4.78, 5) is 22.9. The van der Waals surface area contributed by atoms with E-state index in [1.54, 1.807) is 12.2 Å². The van der Waals surface area contributed by atoms with Crippen molar-refractivity contribution in [2.24, 2.45) is 0 Å². The second-order valence-electron chi connectivity index (χ2n) is 13.3. The molecular weight excluding hydrogens is 587 g/mol. The molecule has 0 aliphatic rings. The lowest BCUT2D eigenvalue weighted by atomic mass is 10.1. The third-order valence-corrected chi connectivity index (χ3v) is 8.62. The van der Waals surface area contributed by atoms with Crippen LogP contribution in [0.2, 0.25) is 0 Å². The van der Waals surface area contributed by atoms with Gasteiger partial charge in [-0.25, -0.2) is 4.57 Å². The molecular formula is C36H70N2O6P+. The number of phosphoric ester groups is 1. The zero-order valence-corrected chi connectivity index (χ0v) is 30.5. The lowest BCUT2D eigenvalue weighted by Crippen LogP contribution is -2.45. The van der Waals surface area contributed by atoms with Crippen LogP contribution in [0.3, 0.4) is 0 Å². The molecule has 45 heavy (non-hydrogen) atoms. The number of likely N-dealkylation sites (N-methyl/N-ethyl adjacent to an activating group) is 1. The predicted molar refractivity (Wildman–Crippen MR) is 189 cm³/mol. The molecule has 0 saturated heterocycles. The van der Waals surface area contributed by atoms with Gasteiger partial charge in [-0.2, -0.15) is 0 Å². The van der Waals surface area contributed by atoms with E-state index in [9.17, 15) is 19.4 Å². The molecule has 8 nitrogen and oxygen atoms in total. The fourth-order valence-electron chi connectivity index (χ4n) is 4.68. The van der Waals surface area contributed by atoms with Crippen LogP contribution in [0.15, 0.2) is 36.5 Å². The molecule has 0 bridgehead atoms. The smallest absolute Gasteiger partial charge is 0.387 e. The Morgan fingerprint density at radius 2 is 1.27 bits per heavy atom. The number of phosphoric acid groups is 1. The molecule has 0 aliphatic carbocycles. The van der Waals surface area contributed by atoms with Crippen molar-refractivity contribution in [3.63, 3.8) is 0 Å². The summed E-state index contributed by atoms with van der Waals surface area (Å²) in [6.45, 7) is 4.68. The van der Waals surface area contributed by atoms with Crippen LogP contribution in [0.5, 0.6) is 0 Å². The number of hydrogen-bond donors (Lipinski definition) is 3. The number of carbonyl (C=O) groups is 1. The number of nitrogens with zero attached hydrogens (tertiary/aromatic N) is 1. The molecule has 0 rings (SSSR count). The number of unbranched alkanes of at least 4 members (excludes halogenated alkanes) is 15. The quantitative estimate of drug-likeness (QED) is 0.0226. The Labute approximate surface area is 276 Å². The van der Waals surface area contributed by atoms with E-state index in [1.165, 1.54) is 70.6 Å². The molecule has 0 aliphatic heterocycles. The highest BCUT2D eigenvalue weighted by Gasteiger charge is 2.27. The van der Waals surface area contributed by atoms with Gasteiger partial charge in [0.05, 0.1) is 39.9 Å². The topological polar surface area (TPSA) is 105 Å². The molecule has 264 valence electrons. The third kappa shape index (κ3) is 31.1. The van der Waals surface area contributed by atoms with Crippen LogP contribution >= 0.6 is 7.82 Å². The molecule has 0 aromatic rings. The zero-order valence-electron chi connectivity index (χ0n) is 29.6. The highest BCUT2D eigenvalue weighted by Crippen LogP contribution is 2.43. The minimum absolute atomic E-state index is 0.0510. The molecule has 3 N–H and O–H groups in total. The fourth-order valence-corrected chi connectivity index (χ4v) is 5.41. The van der Waals surface area contributed by atoms with Crippen LogP contribution in [0.25, 0.3) is 0 Å². The number of amides is 1. The minimum atomic E-state index is -4.34. The first-order valence-corrected chi connectivity index (χ1v) is 19.4. The van der Waals surface area contributed by atoms with Gasteiger partial charge in [0.15, 0.2) is 0 Å². The van der Waals surface area contributed by atoms with Crippen molar-refractivity contribution in [3.05, 3.63) is 36.5 Å². The van der Waals surface area contributed by atoms with Crippen LogP contribution in [0, 0.1) is 0 Å². The minimum Gasteiger partial charge on any atom is -0.387 e. The molecule has 0 aromatic carbocycles. The Hall–Kier alpha value is -1.28. The van der Waals surface area contributed by atoms with Crippen molar-refractivity contribution in [2.45, 2.75) is 148 Å². The second-order valence-corrected chi connectivity index (χ2v) is 14.7. The number of rotatable bonds is 31. The van der Waals surface area contributed by atoms with E-state index in [4.69, 9.17) is 9.05 Å². The molecule has 0 saturated carbocycles. The zero-order chi connectivity index (χ0) is 33.7. The monoisotopic (exact) mass is 657 g/mol. The molecule has 0 fully saturated rings. The van der Waals surface area contributed by atoms with Crippen LogP contribution in [0.4, 0.5) is 0 Å². The summed E-state index contributed by atoms with van der Waals surface area (Å²) in [5.74, 6) is -0.209. The Morgan fingerprint density at radius 3 is 1.82 bits per heavy atom. The van der Waals surface area contributed by atoms with Gasteiger partial charge in [0, 0.05) is 6.42 Å². The molecule has 0 radical (unpaired) electrons. The third-order valence-electron chi connectivity index (χ3n) is 7.64. The van der Waals surface area contributed by atoms with E-state index in [1.807, 2.05) is 27.2 Å². The normalized spacial score (nSPS) is 15.3. The van der Waals surface area contributed by atoms with Gasteiger partial charge < -0.3 is 19.8 Å². The molecule has 1 unspecified atom stereocenters. The summed E-state index contributed by atoms with van der Waals surface area (Å²) >= 11 is 0. The van der Waals surface area contributed by atoms with E-state index >= 15 is 0 Å². The van der Waals surface area contributed by atoms with Crippen molar-refractivity contribution >= 4 is 13.7 Å². The van der Waals surface area contributed by atoms with E-state index in [2.05, 4.69) is 37.4 Å². The number of aliphatic hydroxyl groups is 1. The summed E-state index contributed by atoms with van der Waals surface area (Å²) in [5.41, 5.74) is 0. The predicted octanol–water partition coefficient (Wildman–Crippen LogP) is 8.79. The second kappa shape index (κ2) is 28.9. The van der Waals surface area contributed by atoms with Crippen molar-refractivity contribution in [2.75, 3.05) is 40.9 Å². The van der Waals surface area contributed by atoms with E-state index in [-0.39, 0.29) is 19.1 Å². The first kappa shape index (κ1) is 43.7. The van der Waals surface area contributed by atoms with Crippen molar-refractivity contribution in [1.82, 2.24) is 5.32 Å². The van der Waals surface area contributed by atoms with Gasteiger partial charge in [0.25, 0.3) is 0 Å². The highest BCUT2D eigenvalue weighted by molar-refractivity contribution is 7.47. The van der Waals surface area contributed by atoms with Crippen molar-refractivity contribution in [3.8, 4) is 0 Å². The van der Waals surface area contributed by atoms with Crippen molar-refractivity contribution in [1.29, 1.82) is 0 Å². The first-order chi connectivity index (χ1) is 21.5. The van der Waals surface area contributed by atoms with Crippen molar-refractivity contribution < 1.29 is 32.9 Å². The number of quaternary nitrogens is 1. The molecule has 1 amide bonds. The maximum atomic E-state index is 12.7. The summed E-state index contributed by atoms with van der Waals surface area (Å²) in [6, 6.07) is -0.878. The molecule has 0 spiro atoms. The Bertz CT molecular complexity index is 840. The summed E-state index contributed by atoms with van der Waals surface area (Å²) < 4.78 is 23.3. The molecule has 9 heteroatoms. The summed E-state index contributed by atoms with van der Waals surface area (Å²) in [6.07, 6.45) is 32.2. The number of aliphatic hydroxyl groups excluding tert-OH is 1. The fraction of sp³-hybridized carbons (Fsp3) is 0.806. The van der Waals surface area contributed by atoms with E-state index < -0.39 is 20.0 Å². The van der Waals surface area contributed by atoms with Gasteiger partial charge in [-0.3, -0.25) is 13.8 Å². The highest BCUT2D eigenvalue weighted by atomic mass is 31.2. The number of allylic oxidation sites excluding steroid dienone is 5. The Morgan fingerprint density at radius 1 is 0.756 bits per heavy atom. The van der Waals surface area contributed by atoms with E-state index in [0.717, 1.165) is 44.9 Å². The molecule has 0 aromatic heterocycles. The Balaban J connectivity index is 4.61. The van der Waals surface area contributed by atoms with Gasteiger partial charge in [-0.1, -0.05) is 121 Å².